The molecule has 0 aromatic heterocycles. The summed E-state index contributed by atoms with van der Waals surface area (Å²) >= 11 is 0. The molecule has 0 aliphatic carbocycles. The fourth-order valence-corrected chi connectivity index (χ4v) is 1.82. The third-order valence-corrected chi connectivity index (χ3v) is 2.91. The standard InChI is InChI=1S/C14H27N3O3/c1-2-3-4-5-6-7-8-9-10-12(18)17-14(15)16-11-13(19)20/h2-11H2,1H3,(H,19,20)(H3,15,16,17,18). The number of rotatable bonds is 11. The van der Waals surface area contributed by atoms with Gasteiger partial charge in [0.1, 0.15) is 6.54 Å². The summed E-state index contributed by atoms with van der Waals surface area (Å²) in [4.78, 5) is 25.2. The highest BCUT2D eigenvalue weighted by Gasteiger charge is 2.03. The van der Waals surface area contributed by atoms with Gasteiger partial charge in [-0.15, -0.1) is 0 Å². The minimum Gasteiger partial charge on any atom is -0.480 e. The van der Waals surface area contributed by atoms with Gasteiger partial charge in [-0.25, -0.2) is 4.99 Å². The number of unbranched alkanes of at least 4 members (excludes halogenated alkanes) is 7. The molecule has 0 bridgehead atoms. The Bertz CT molecular complexity index is 317. The first-order valence-electron chi connectivity index (χ1n) is 7.37. The summed E-state index contributed by atoms with van der Waals surface area (Å²) in [5, 5.41) is 10.8. The number of nitrogens with zero attached hydrogens (tertiary/aromatic N) is 1. The summed E-state index contributed by atoms with van der Waals surface area (Å²) in [6.07, 6.45) is 9.77. The summed E-state index contributed by atoms with van der Waals surface area (Å²) in [5.41, 5.74) is 5.38. The second kappa shape index (κ2) is 12.4. The van der Waals surface area contributed by atoms with E-state index in [4.69, 9.17) is 10.8 Å². The number of carboxylic acids is 1. The molecule has 6 nitrogen and oxygen atoms in total. The van der Waals surface area contributed by atoms with Crippen molar-refractivity contribution < 1.29 is 14.7 Å². The number of nitrogens with two attached hydrogens (primary N) is 1. The van der Waals surface area contributed by atoms with Crippen molar-refractivity contribution in [2.24, 2.45) is 10.7 Å². The number of nitrogens with one attached hydrogen (secondary N) is 1. The smallest absolute Gasteiger partial charge is 0.325 e. The fourth-order valence-electron chi connectivity index (χ4n) is 1.82. The van der Waals surface area contributed by atoms with Crippen molar-refractivity contribution in [3.05, 3.63) is 0 Å². The Labute approximate surface area is 120 Å². The number of carboxylic acid groups (broad SMARTS) is 1. The molecule has 4 N–H and O–H groups in total. The van der Waals surface area contributed by atoms with Crippen LogP contribution in [0.3, 0.4) is 0 Å². The lowest BCUT2D eigenvalue weighted by Crippen LogP contribution is -2.37. The minimum atomic E-state index is -1.08. The molecule has 116 valence electrons. The van der Waals surface area contributed by atoms with Crippen molar-refractivity contribution in [3.63, 3.8) is 0 Å². The third-order valence-electron chi connectivity index (χ3n) is 2.91. The van der Waals surface area contributed by atoms with Gasteiger partial charge in [0.15, 0.2) is 5.96 Å². The van der Waals surface area contributed by atoms with E-state index in [0.29, 0.717) is 6.42 Å². The van der Waals surface area contributed by atoms with E-state index < -0.39 is 12.5 Å². The Kier molecular flexibility index (Phi) is 11.5. The largest absolute Gasteiger partial charge is 0.480 e. The van der Waals surface area contributed by atoms with Crippen LogP contribution in [0, 0.1) is 0 Å². The molecule has 0 aliphatic heterocycles. The fraction of sp³-hybridized carbons (Fsp3) is 0.786. The highest BCUT2D eigenvalue weighted by molar-refractivity contribution is 5.96. The molecular formula is C14H27N3O3. The molecular weight excluding hydrogens is 258 g/mol. The van der Waals surface area contributed by atoms with Crippen molar-refractivity contribution in [3.8, 4) is 0 Å². The molecule has 0 atom stereocenters. The van der Waals surface area contributed by atoms with Crippen LogP contribution in [0.4, 0.5) is 0 Å². The first kappa shape index (κ1) is 18.4. The number of aliphatic carboxylic acids is 1. The van der Waals surface area contributed by atoms with Gasteiger partial charge in [-0.2, -0.15) is 0 Å². The van der Waals surface area contributed by atoms with Gasteiger partial charge in [-0.3, -0.25) is 14.9 Å². The summed E-state index contributed by atoms with van der Waals surface area (Å²) in [7, 11) is 0. The van der Waals surface area contributed by atoms with Crippen LogP contribution in [0.5, 0.6) is 0 Å². The van der Waals surface area contributed by atoms with Crippen LogP contribution in [0.15, 0.2) is 4.99 Å². The maximum absolute atomic E-state index is 11.5. The van der Waals surface area contributed by atoms with E-state index in [2.05, 4.69) is 17.2 Å². The molecule has 0 saturated carbocycles. The molecule has 0 spiro atoms. The molecule has 0 saturated heterocycles. The van der Waals surface area contributed by atoms with Gasteiger partial charge < -0.3 is 10.8 Å². The molecule has 0 aliphatic rings. The number of hydrogen-bond donors (Lipinski definition) is 3. The van der Waals surface area contributed by atoms with Crippen LogP contribution >= 0.6 is 0 Å². The van der Waals surface area contributed by atoms with Crippen LogP contribution in [-0.2, 0) is 9.59 Å². The Balaban J connectivity index is 3.49. The molecule has 1 amide bonds. The number of aliphatic imine (C=N–C) groups is 1. The second-order valence-corrected chi connectivity index (χ2v) is 4.87. The van der Waals surface area contributed by atoms with Gasteiger partial charge in [-0.05, 0) is 6.42 Å². The van der Waals surface area contributed by atoms with Crippen molar-refractivity contribution in [1.29, 1.82) is 0 Å². The van der Waals surface area contributed by atoms with E-state index in [1.165, 1.54) is 32.1 Å². The quantitative estimate of drug-likeness (QED) is 0.307. The Hall–Kier alpha value is -1.59. The monoisotopic (exact) mass is 285 g/mol. The first-order valence-corrected chi connectivity index (χ1v) is 7.37. The average molecular weight is 285 g/mol. The maximum Gasteiger partial charge on any atom is 0.325 e. The van der Waals surface area contributed by atoms with Gasteiger partial charge in [0.2, 0.25) is 5.91 Å². The van der Waals surface area contributed by atoms with Crippen molar-refractivity contribution >= 4 is 17.8 Å². The summed E-state index contributed by atoms with van der Waals surface area (Å²) in [6.45, 7) is 1.77. The van der Waals surface area contributed by atoms with Crippen molar-refractivity contribution in [2.75, 3.05) is 6.54 Å². The van der Waals surface area contributed by atoms with Crippen molar-refractivity contribution in [2.45, 2.75) is 64.7 Å². The van der Waals surface area contributed by atoms with Gasteiger partial charge in [0.05, 0.1) is 0 Å². The predicted octanol–water partition coefficient (Wildman–Crippen LogP) is 2.03. The van der Waals surface area contributed by atoms with Crippen LogP contribution in [0.2, 0.25) is 0 Å². The van der Waals surface area contributed by atoms with E-state index >= 15 is 0 Å². The molecule has 0 heterocycles. The molecule has 0 rings (SSSR count). The molecule has 0 unspecified atom stereocenters. The predicted molar refractivity (Wildman–Crippen MR) is 79.5 cm³/mol. The summed E-state index contributed by atoms with van der Waals surface area (Å²) < 4.78 is 0. The average Bonchev–Trinajstić information content (AvgIpc) is 2.39. The summed E-state index contributed by atoms with van der Waals surface area (Å²) in [5.74, 6) is -1.41. The minimum absolute atomic E-state index is 0.128. The number of carbonyl (C=O) groups excluding carboxylic acids is 1. The van der Waals surface area contributed by atoms with Gasteiger partial charge >= 0.3 is 5.97 Å². The topological polar surface area (TPSA) is 105 Å². The SMILES string of the molecule is CCCCCCCCCCC(=O)NC(N)=NCC(=O)O. The van der Waals surface area contributed by atoms with Crippen molar-refractivity contribution in [1.82, 2.24) is 5.32 Å². The van der Waals surface area contributed by atoms with E-state index in [9.17, 15) is 9.59 Å². The van der Waals surface area contributed by atoms with Gasteiger partial charge in [0.25, 0.3) is 0 Å². The second-order valence-electron chi connectivity index (χ2n) is 4.87. The lowest BCUT2D eigenvalue weighted by atomic mass is 10.1. The number of carbonyl (C=O) groups is 2. The van der Waals surface area contributed by atoms with E-state index in [1.54, 1.807) is 0 Å². The first-order chi connectivity index (χ1) is 9.56. The highest BCUT2D eigenvalue weighted by atomic mass is 16.4. The van der Waals surface area contributed by atoms with Crippen LogP contribution in [0.25, 0.3) is 0 Å². The lowest BCUT2D eigenvalue weighted by molar-refractivity contribution is -0.135. The van der Waals surface area contributed by atoms with Crippen LogP contribution < -0.4 is 11.1 Å². The third kappa shape index (κ3) is 12.9. The normalized spacial score (nSPS) is 11.3. The number of hydrogen-bond acceptors (Lipinski definition) is 3. The lowest BCUT2D eigenvalue weighted by Gasteiger charge is -2.04. The van der Waals surface area contributed by atoms with E-state index in [-0.39, 0.29) is 11.9 Å². The van der Waals surface area contributed by atoms with E-state index in [1.807, 2.05) is 0 Å². The van der Waals surface area contributed by atoms with Crippen LogP contribution in [-0.4, -0.2) is 29.5 Å². The molecule has 0 radical (unpaired) electrons. The maximum atomic E-state index is 11.5. The number of amides is 1. The molecule has 6 heteroatoms. The Morgan fingerprint density at radius 1 is 1.05 bits per heavy atom. The highest BCUT2D eigenvalue weighted by Crippen LogP contribution is 2.09. The van der Waals surface area contributed by atoms with E-state index in [0.717, 1.165) is 19.3 Å². The molecule has 0 aromatic carbocycles. The molecule has 20 heavy (non-hydrogen) atoms. The zero-order valence-corrected chi connectivity index (χ0v) is 12.4. The Morgan fingerprint density at radius 2 is 1.60 bits per heavy atom. The zero-order chi connectivity index (χ0) is 15.2. The summed E-state index contributed by atoms with van der Waals surface area (Å²) in [6, 6.07) is 0. The number of guanidine groups is 1. The molecule has 0 aromatic rings. The van der Waals surface area contributed by atoms with Crippen LogP contribution in [0.1, 0.15) is 64.7 Å². The van der Waals surface area contributed by atoms with Gasteiger partial charge in [0, 0.05) is 6.42 Å². The Morgan fingerprint density at radius 3 is 2.15 bits per heavy atom. The zero-order valence-electron chi connectivity index (χ0n) is 12.4. The van der Waals surface area contributed by atoms with Gasteiger partial charge in [-0.1, -0.05) is 51.9 Å². The molecule has 0 fully saturated rings.